The molecule has 4 rings (SSSR count). The summed E-state index contributed by atoms with van der Waals surface area (Å²) in [6.45, 7) is 3.30. The van der Waals surface area contributed by atoms with Crippen LogP contribution >= 0.6 is 0 Å². The zero-order chi connectivity index (χ0) is 26.7. The zero-order valence-electron chi connectivity index (χ0n) is 21.0. The number of nitrogens with zero attached hydrogens (tertiary/aromatic N) is 9. The van der Waals surface area contributed by atoms with E-state index in [1.165, 1.54) is 44.6 Å². The molecule has 0 aliphatic rings. The standard InChI is InChI=1S/C21H26N10O5S/c1-12(15-9-23-16(34-4)10-22-15)13(2)37(32,33)29-21-27-26-18(14-7-8-30(3)28-14)31(21)17-19(35-5)24-11-25-20(17)36-6/h7-13H,1-6H3,(H,27,29)/t12-,13-/m0/s1. The molecule has 0 aliphatic carbocycles. The third-order valence-electron chi connectivity index (χ3n) is 5.72. The van der Waals surface area contributed by atoms with E-state index in [9.17, 15) is 8.42 Å². The molecule has 0 saturated heterocycles. The number of anilines is 1. The van der Waals surface area contributed by atoms with Gasteiger partial charge in [-0.25, -0.2) is 18.0 Å². The Morgan fingerprint density at radius 3 is 2.19 bits per heavy atom. The molecule has 0 unspecified atom stereocenters. The molecule has 196 valence electrons. The molecule has 0 amide bonds. The van der Waals surface area contributed by atoms with Crippen LogP contribution in [0.5, 0.6) is 17.6 Å². The van der Waals surface area contributed by atoms with Gasteiger partial charge in [0.25, 0.3) is 0 Å². The molecule has 0 aliphatic heterocycles. The Morgan fingerprint density at radius 1 is 0.946 bits per heavy atom. The quantitative estimate of drug-likeness (QED) is 0.311. The molecule has 15 nitrogen and oxygen atoms in total. The summed E-state index contributed by atoms with van der Waals surface area (Å²) in [7, 11) is 2.02. The fraction of sp³-hybridized carbons (Fsp3) is 0.381. The Bertz CT molecular complexity index is 1460. The first kappa shape index (κ1) is 25.7. The lowest BCUT2D eigenvalue weighted by molar-refractivity contribution is 0.368. The monoisotopic (exact) mass is 530 g/mol. The van der Waals surface area contributed by atoms with E-state index in [-0.39, 0.29) is 29.2 Å². The molecule has 4 heterocycles. The number of hydrogen-bond donors (Lipinski definition) is 1. The van der Waals surface area contributed by atoms with Crippen LogP contribution in [-0.2, 0) is 17.1 Å². The van der Waals surface area contributed by atoms with Crippen LogP contribution in [-0.4, -0.2) is 79.5 Å². The maximum Gasteiger partial charge on any atom is 0.245 e. The highest BCUT2D eigenvalue weighted by Crippen LogP contribution is 2.35. The van der Waals surface area contributed by atoms with Crippen molar-refractivity contribution in [3.8, 4) is 34.8 Å². The molecular formula is C21H26N10O5S. The topological polar surface area (TPSA) is 174 Å². The molecule has 0 saturated carbocycles. The minimum absolute atomic E-state index is 0.110. The molecule has 37 heavy (non-hydrogen) atoms. The van der Waals surface area contributed by atoms with Gasteiger partial charge in [0.1, 0.15) is 12.0 Å². The van der Waals surface area contributed by atoms with E-state index in [0.29, 0.717) is 17.3 Å². The van der Waals surface area contributed by atoms with Crippen LogP contribution in [0.15, 0.2) is 31.0 Å². The van der Waals surface area contributed by atoms with Gasteiger partial charge < -0.3 is 14.2 Å². The third-order valence-corrected chi connectivity index (χ3v) is 7.58. The summed E-state index contributed by atoms with van der Waals surface area (Å²) >= 11 is 0. The van der Waals surface area contributed by atoms with Crippen LogP contribution in [0.25, 0.3) is 17.2 Å². The van der Waals surface area contributed by atoms with Crippen LogP contribution in [0.3, 0.4) is 0 Å². The van der Waals surface area contributed by atoms with Gasteiger partial charge in [-0.1, -0.05) is 6.92 Å². The van der Waals surface area contributed by atoms with Gasteiger partial charge in [0.2, 0.25) is 33.6 Å². The lowest BCUT2D eigenvalue weighted by Gasteiger charge is -2.21. The maximum absolute atomic E-state index is 13.5. The van der Waals surface area contributed by atoms with E-state index in [0.717, 1.165) is 0 Å². The molecule has 0 radical (unpaired) electrons. The second-order valence-electron chi connectivity index (χ2n) is 7.92. The number of rotatable bonds is 10. The van der Waals surface area contributed by atoms with Crippen molar-refractivity contribution in [1.82, 2.24) is 44.5 Å². The first-order valence-corrected chi connectivity index (χ1v) is 12.5. The molecular weight excluding hydrogens is 504 g/mol. The fourth-order valence-corrected chi connectivity index (χ4v) is 4.75. The molecule has 0 aromatic carbocycles. The van der Waals surface area contributed by atoms with Crippen LogP contribution < -0.4 is 18.9 Å². The average Bonchev–Trinajstić information content (AvgIpc) is 3.52. The summed E-state index contributed by atoms with van der Waals surface area (Å²) in [6.07, 6.45) is 5.89. The number of hydrogen-bond acceptors (Lipinski definition) is 12. The summed E-state index contributed by atoms with van der Waals surface area (Å²) in [4.78, 5) is 16.7. The lowest BCUT2D eigenvalue weighted by Crippen LogP contribution is -2.31. The Balaban J connectivity index is 1.79. The van der Waals surface area contributed by atoms with E-state index in [1.54, 1.807) is 37.8 Å². The van der Waals surface area contributed by atoms with Crippen molar-refractivity contribution in [3.63, 3.8) is 0 Å². The van der Waals surface area contributed by atoms with Crippen LogP contribution in [0.4, 0.5) is 5.95 Å². The first-order chi connectivity index (χ1) is 17.7. The molecule has 0 spiro atoms. The highest BCUT2D eigenvalue weighted by molar-refractivity contribution is 7.93. The predicted octanol–water partition coefficient (Wildman–Crippen LogP) is 1.21. The number of nitrogens with one attached hydrogen (secondary N) is 1. The molecule has 0 bridgehead atoms. The number of methoxy groups -OCH3 is 3. The van der Waals surface area contributed by atoms with Gasteiger partial charge in [0, 0.05) is 19.2 Å². The number of sulfonamides is 1. The number of aromatic nitrogens is 9. The molecule has 16 heteroatoms. The Labute approximate surface area is 212 Å². The van der Waals surface area contributed by atoms with E-state index in [1.807, 2.05) is 0 Å². The van der Waals surface area contributed by atoms with Gasteiger partial charge in [0.05, 0.1) is 44.7 Å². The van der Waals surface area contributed by atoms with Crippen molar-refractivity contribution >= 4 is 16.0 Å². The Hall–Kier alpha value is -4.34. The number of ether oxygens (including phenoxy) is 3. The van der Waals surface area contributed by atoms with Gasteiger partial charge in [-0.2, -0.15) is 15.1 Å². The van der Waals surface area contributed by atoms with Crippen LogP contribution in [0.2, 0.25) is 0 Å². The van der Waals surface area contributed by atoms with Gasteiger partial charge in [0.15, 0.2) is 11.5 Å². The van der Waals surface area contributed by atoms with E-state index in [4.69, 9.17) is 14.2 Å². The normalized spacial score (nSPS) is 13.1. The highest BCUT2D eigenvalue weighted by atomic mass is 32.2. The summed E-state index contributed by atoms with van der Waals surface area (Å²) < 4.78 is 48.4. The minimum atomic E-state index is -4.03. The SMILES string of the molecule is COc1cnc([C@@H](C)[C@H](C)S(=O)(=O)Nc2nnc(-c3ccn(C)n3)n2-c2c(OC)ncnc2OC)cn1. The van der Waals surface area contributed by atoms with Crippen molar-refractivity contribution in [1.29, 1.82) is 0 Å². The van der Waals surface area contributed by atoms with Crippen LogP contribution in [0.1, 0.15) is 25.5 Å². The van der Waals surface area contributed by atoms with Crippen molar-refractivity contribution < 1.29 is 22.6 Å². The molecule has 4 aromatic heterocycles. The second kappa shape index (κ2) is 10.3. The minimum Gasteiger partial charge on any atom is -0.480 e. The van der Waals surface area contributed by atoms with E-state index in [2.05, 4.69) is 40.0 Å². The van der Waals surface area contributed by atoms with Gasteiger partial charge in [-0.15, -0.1) is 10.2 Å². The van der Waals surface area contributed by atoms with Gasteiger partial charge in [-0.3, -0.25) is 14.4 Å². The second-order valence-corrected chi connectivity index (χ2v) is 9.96. The molecule has 2 atom stereocenters. The molecule has 4 aromatic rings. The molecule has 0 fully saturated rings. The summed E-state index contributed by atoms with van der Waals surface area (Å²) in [5.74, 6) is 0.108. The number of aryl methyl sites for hydroxylation is 1. The summed E-state index contributed by atoms with van der Waals surface area (Å²) in [5, 5.41) is 11.8. The van der Waals surface area contributed by atoms with Crippen molar-refractivity contribution in [3.05, 3.63) is 36.7 Å². The van der Waals surface area contributed by atoms with Gasteiger partial charge >= 0.3 is 0 Å². The molecule has 1 N–H and O–H groups in total. The van der Waals surface area contributed by atoms with Crippen LogP contribution in [0, 0.1) is 0 Å². The summed E-state index contributed by atoms with van der Waals surface area (Å²) in [6, 6.07) is 1.70. The fourth-order valence-electron chi connectivity index (χ4n) is 3.50. The highest BCUT2D eigenvalue weighted by Gasteiger charge is 2.32. The van der Waals surface area contributed by atoms with Crippen molar-refractivity contribution in [2.45, 2.75) is 25.0 Å². The van der Waals surface area contributed by atoms with E-state index < -0.39 is 21.2 Å². The smallest absolute Gasteiger partial charge is 0.245 e. The van der Waals surface area contributed by atoms with E-state index >= 15 is 0 Å². The first-order valence-electron chi connectivity index (χ1n) is 11.0. The zero-order valence-corrected chi connectivity index (χ0v) is 21.8. The summed E-state index contributed by atoms with van der Waals surface area (Å²) in [5.41, 5.74) is 1.09. The lowest BCUT2D eigenvalue weighted by atomic mass is 10.1. The maximum atomic E-state index is 13.5. The van der Waals surface area contributed by atoms with Crippen molar-refractivity contribution in [2.24, 2.45) is 7.05 Å². The van der Waals surface area contributed by atoms with Gasteiger partial charge in [-0.05, 0) is 13.0 Å². The Morgan fingerprint density at radius 2 is 1.65 bits per heavy atom. The third kappa shape index (κ3) is 5.00. The Kier molecular flexibility index (Phi) is 7.19. The van der Waals surface area contributed by atoms with Crippen molar-refractivity contribution in [2.75, 3.05) is 26.1 Å². The largest absolute Gasteiger partial charge is 0.480 e. The average molecular weight is 531 g/mol. The predicted molar refractivity (Wildman–Crippen MR) is 131 cm³/mol.